The van der Waals surface area contributed by atoms with Crippen LogP contribution in [0.5, 0.6) is 0 Å². The van der Waals surface area contributed by atoms with E-state index in [-0.39, 0.29) is 5.02 Å². The Morgan fingerprint density at radius 2 is 1.69 bits per heavy atom. The van der Waals surface area contributed by atoms with Crippen LogP contribution in [0.25, 0.3) is 0 Å². The van der Waals surface area contributed by atoms with Crippen molar-refractivity contribution in [2.45, 2.75) is 0 Å². The first-order chi connectivity index (χ1) is 7.34. The van der Waals surface area contributed by atoms with Gasteiger partial charge in [-0.05, 0) is 6.07 Å². The Morgan fingerprint density at radius 3 is 2.06 bits per heavy atom. The van der Waals surface area contributed by atoms with Crippen LogP contribution in [0.15, 0.2) is 12.1 Å². The number of carbonyl (C=O) groups is 2. The fourth-order valence-corrected chi connectivity index (χ4v) is 1.29. The quantitative estimate of drug-likeness (QED) is 0.617. The number of rotatable bonds is 3. The van der Waals surface area contributed by atoms with Crippen LogP contribution in [0.1, 0.15) is 20.7 Å². The molecular weight excluding hydrogens is 242 g/mol. The van der Waals surface area contributed by atoms with Crippen LogP contribution in [0.4, 0.5) is 5.69 Å². The third-order valence-electron chi connectivity index (χ3n) is 1.74. The molecule has 1 aromatic rings. The fourth-order valence-electron chi connectivity index (χ4n) is 1.05. The van der Waals surface area contributed by atoms with Gasteiger partial charge in [0.25, 0.3) is 5.69 Å². The zero-order valence-electron chi connectivity index (χ0n) is 7.51. The third-order valence-corrected chi connectivity index (χ3v) is 2.06. The zero-order chi connectivity index (χ0) is 12.5. The lowest BCUT2D eigenvalue weighted by Crippen LogP contribution is -2.07. The molecule has 0 saturated heterocycles. The number of halogens is 1. The molecular formula is C8H4ClNO6. The summed E-state index contributed by atoms with van der Waals surface area (Å²) in [4.78, 5) is 30.9. The van der Waals surface area contributed by atoms with Gasteiger partial charge in [-0.1, -0.05) is 11.6 Å². The van der Waals surface area contributed by atoms with Crippen LogP contribution < -0.4 is 0 Å². The summed E-state index contributed by atoms with van der Waals surface area (Å²) in [5, 5.41) is 27.4. The minimum atomic E-state index is -1.59. The van der Waals surface area contributed by atoms with Gasteiger partial charge in [0, 0.05) is 6.07 Å². The molecule has 84 valence electrons. The molecule has 0 bridgehead atoms. The molecule has 0 saturated carbocycles. The molecule has 1 aromatic carbocycles. The molecule has 8 heteroatoms. The number of nitro groups is 1. The number of benzene rings is 1. The Hall–Kier alpha value is -2.15. The molecule has 0 atom stereocenters. The lowest BCUT2D eigenvalue weighted by molar-refractivity contribution is -0.385. The van der Waals surface area contributed by atoms with Gasteiger partial charge in [-0.15, -0.1) is 0 Å². The van der Waals surface area contributed by atoms with E-state index in [0.717, 1.165) is 0 Å². The number of aromatic carboxylic acids is 2. The van der Waals surface area contributed by atoms with E-state index in [1.165, 1.54) is 0 Å². The molecule has 0 aliphatic heterocycles. The zero-order valence-corrected chi connectivity index (χ0v) is 8.26. The molecule has 0 unspecified atom stereocenters. The van der Waals surface area contributed by atoms with E-state index in [4.69, 9.17) is 21.8 Å². The largest absolute Gasteiger partial charge is 0.478 e. The van der Waals surface area contributed by atoms with E-state index >= 15 is 0 Å². The highest BCUT2D eigenvalue weighted by Crippen LogP contribution is 2.27. The Balaban J connectivity index is 3.55. The number of carboxylic acid groups (broad SMARTS) is 2. The Bertz CT molecular complexity index is 498. The van der Waals surface area contributed by atoms with E-state index in [2.05, 4.69) is 0 Å². The molecule has 0 aliphatic carbocycles. The Labute approximate surface area is 93.0 Å². The minimum absolute atomic E-state index is 0.385. The van der Waals surface area contributed by atoms with Gasteiger partial charge in [-0.25, -0.2) is 9.59 Å². The standard InChI is InChI=1S/C8H4ClNO6/c9-5-2-6(10(15)16)4(8(13)14)1-3(5)7(11)12/h1-2H,(H,11,12)(H,13,14). The maximum absolute atomic E-state index is 10.7. The second kappa shape index (κ2) is 4.15. The molecule has 2 N–H and O–H groups in total. The lowest BCUT2D eigenvalue weighted by atomic mass is 10.1. The highest BCUT2D eigenvalue weighted by atomic mass is 35.5. The first-order valence-corrected chi connectivity index (χ1v) is 4.17. The summed E-state index contributed by atoms with van der Waals surface area (Å²) in [6, 6.07) is 1.36. The summed E-state index contributed by atoms with van der Waals surface area (Å²) in [6.45, 7) is 0. The van der Waals surface area contributed by atoms with Crippen molar-refractivity contribution in [2.75, 3.05) is 0 Å². The van der Waals surface area contributed by atoms with Gasteiger partial charge in [0.15, 0.2) is 0 Å². The number of nitrogens with zero attached hydrogens (tertiary/aromatic N) is 1. The van der Waals surface area contributed by atoms with Crippen LogP contribution in [-0.2, 0) is 0 Å². The van der Waals surface area contributed by atoms with Crippen molar-refractivity contribution in [3.63, 3.8) is 0 Å². The van der Waals surface area contributed by atoms with Crippen molar-refractivity contribution in [1.29, 1.82) is 0 Å². The van der Waals surface area contributed by atoms with Crippen molar-refractivity contribution >= 4 is 29.2 Å². The number of carboxylic acids is 2. The summed E-state index contributed by atoms with van der Waals surface area (Å²) in [5.41, 5.74) is -1.96. The van der Waals surface area contributed by atoms with Gasteiger partial charge in [0.05, 0.1) is 15.5 Å². The van der Waals surface area contributed by atoms with Gasteiger partial charge in [0.1, 0.15) is 5.56 Å². The van der Waals surface area contributed by atoms with Gasteiger partial charge in [-0.3, -0.25) is 10.1 Å². The molecule has 0 fully saturated rings. The highest BCUT2D eigenvalue weighted by molar-refractivity contribution is 6.34. The molecule has 1 rings (SSSR count). The maximum atomic E-state index is 10.7. The predicted molar refractivity (Wildman–Crippen MR) is 52.0 cm³/mol. The maximum Gasteiger partial charge on any atom is 0.342 e. The summed E-state index contributed by atoms with van der Waals surface area (Å²) in [5.74, 6) is -3.05. The normalized spacial score (nSPS) is 9.81. The van der Waals surface area contributed by atoms with Crippen LogP contribution in [0.3, 0.4) is 0 Å². The van der Waals surface area contributed by atoms with Crippen molar-refractivity contribution in [3.05, 3.63) is 38.4 Å². The van der Waals surface area contributed by atoms with E-state index in [9.17, 15) is 19.7 Å². The van der Waals surface area contributed by atoms with Crippen LogP contribution in [0, 0.1) is 10.1 Å². The number of nitro benzene ring substituents is 1. The number of hydrogen-bond donors (Lipinski definition) is 2. The molecule has 16 heavy (non-hydrogen) atoms. The average molecular weight is 246 g/mol. The van der Waals surface area contributed by atoms with Crippen LogP contribution >= 0.6 is 11.6 Å². The molecule has 0 aliphatic rings. The first kappa shape index (κ1) is 11.9. The van der Waals surface area contributed by atoms with E-state index in [0.29, 0.717) is 12.1 Å². The van der Waals surface area contributed by atoms with Crippen molar-refractivity contribution < 1.29 is 24.7 Å². The molecule has 0 spiro atoms. The van der Waals surface area contributed by atoms with Gasteiger partial charge in [-0.2, -0.15) is 0 Å². The molecule has 0 amide bonds. The smallest absolute Gasteiger partial charge is 0.342 e. The monoisotopic (exact) mass is 245 g/mol. The topological polar surface area (TPSA) is 118 Å². The van der Waals surface area contributed by atoms with E-state index in [1.807, 2.05) is 0 Å². The predicted octanol–water partition coefficient (Wildman–Crippen LogP) is 1.64. The molecule has 0 heterocycles. The second-order valence-corrected chi connectivity index (χ2v) is 3.12. The van der Waals surface area contributed by atoms with E-state index < -0.39 is 33.7 Å². The Morgan fingerprint density at radius 1 is 1.19 bits per heavy atom. The van der Waals surface area contributed by atoms with Gasteiger partial charge < -0.3 is 10.2 Å². The SMILES string of the molecule is O=C(O)c1cc(C(=O)O)c([N+](=O)[O-])cc1Cl. The lowest BCUT2D eigenvalue weighted by Gasteiger charge is -2.02. The van der Waals surface area contributed by atoms with E-state index in [1.54, 1.807) is 0 Å². The van der Waals surface area contributed by atoms with Crippen molar-refractivity contribution in [3.8, 4) is 0 Å². The summed E-state index contributed by atoms with van der Waals surface area (Å²) >= 11 is 5.47. The minimum Gasteiger partial charge on any atom is -0.478 e. The number of hydrogen-bond acceptors (Lipinski definition) is 4. The van der Waals surface area contributed by atoms with Gasteiger partial charge >= 0.3 is 11.9 Å². The molecule has 0 aromatic heterocycles. The molecule has 0 radical (unpaired) electrons. The van der Waals surface area contributed by atoms with Crippen molar-refractivity contribution in [1.82, 2.24) is 0 Å². The first-order valence-electron chi connectivity index (χ1n) is 3.79. The fraction of sp³-hybridized carbons (Fsp3) is 0. The average Bonchev–Trinajstić information content (AvgIpc) is 2.15. The van der Waals surface area contributed by atoms with Crippen LogP contribution in [-0.4, -0.2) is 27.1 Å². The third kappa shape index (κ3) is 2.09. The summed E-state index contributed by atoms with van der Waals surface area (Å²) < 4.78 is 0. The summed E-state index contributed by atoms with van der Waals surface area (Å²) in [7, 11) is 0. The summed E-state index contributed by atoms with van der Waals surface area (Å²) in [6.07, 6.45) is 0. The molecule has 7 nitrogen and oxygen atoms in total. The highest BCUT2D eigenvalue weighted by Gasteiger charge is 2.24. The van der Waals surface area contributed by atoms with Gasteiger partial charge in [0.2, 0.25) is 0 Å². The Kier molecular flexibility index (Phi) is 3.09. The van der Waals surface area contributed by atoms with Crippen molar-refractivity contribution in [2.24, 2.45) is 0 Å². The van der Waals surface area contributed by atoms with Crippen LogP contribution in [0.2, 0.25) is 5.02 Å². The second-order valence-electron chi connectivity index (χ2n) is 2.72.